The standard InChI is InChI=1S/C30H31N5O3.ClH/c1-31-28(36)15-22(14-25-13-21-6-4-5-7-27(21)34(25)2)23-12-24-18-35(19-29(37)33-30(24)32-16-23)17-20-8-10-26(38-3)11-9-20;/h4-13,15-16H,14,17-19H2,1-3H3,(H,31,36)(H,32,33,37);1H. The Labute approximate surface area is 234 Å². The number of pyridine rings is 1. The van der Waals surface area contributed by atoms with E-state index in [9.17, 15) is 9.59 Å². The third-order valence-electron chi connectivity index (χ3n) is 6.90. The largest absolute Gasteiger partial charge is 0.497 e. The van der Waals surface area contributed by atoms with Crippen LogP contribution in [0, 0.1) is 0 Å². The fraction of sp³-hybridized carbons (Fsp3) is 0.233. The van der Waals surface area contributed by atoms with Gasteiger partial charge in [0.05, 0.1) is 13.7 Å². The molecule has 0 aliphatic carbocycles. The molecule has 8 nitrogen and oxygen atoms in total. The molecule has 0 saturated carbocycles. The van der Waals surface area contributed by atoms with Gasteiger partial charge in [-0.25, -0.2) is 4.98 Å². The number of nitrogens with zero attached hydrogens (tertiary/aromatic N) is 3. The van der Waals surface area contributed by atoms with Crippen molar-refractivity contribution in [2.24, 2.45) is 7.05 Å². The van der Waals surface area contributed by atoms with Gasteiger partial charge in [0.15, 0.2) is 0 Å². The SMILES string of the molecule is CNC(=O)C=C(Cc1cc2ccccc2n1C)c1cnc2c(c1)CN(Cc1ccc(OC)cc1)CC(=O)N2.Cl. The third-order valence-corrected chi connectivity index (χ3v) is 6.90. The Bertz CT molecular complexity index is 1530. The molecule has 2 aromatic carbocycles. The number of anilines is 1. The first-order valence-corrected chi connectivity index (χ1v) is 12.5. The second-order valence-corrected chi connectivity index (χ2v) is 9.49. The van der Waals surface area contributed by atoms with E-state index in [4.69, 9.17) is 4.74 Å². The molecule has 3 heterocycles. The predicted molar refractivity (Wildman–Crippen MR) is 156 cm³/mol. The van der Waals surface area contributed by atoms with Gasteiger partial charge in [0, 0.05) is 62.7 Å². The molecule has 0 unspecified atom stereocenters. The summed E-state index contributed by atoms with van der Waals surface area (Å²) >= 11 is 0. The average Bonchev–Trinajstić information content (AvgIpc) is 3.14. The Morgan fingerprint density at radius 1 is 1.13 bits per heavy atom. The number of likely N-dealkylation sites (N-methyl/N-ethyl adjacent to an activating group) is 1. The zero-order valence-electron chi connectivity index (χ0n) is 22.2. The predicted octanol–water partition coefficient (Wildman–Crippen LogP) is 4.33. The fourth-order valence-electron chi connectivity index (χ4n) is 4.87. The number of aryl methyl sites for hydroxylation is 1. The van der Waals surface area contributed by atoms with Crippen LogP contribution in [0.2, 0.25) is 0 Å². The fourth-order valence-corrected chi connectivity index (χ4v) is 4.87. The minimum absolute atomic E-state index is 0. The number of halogens is 1. The topological polar surface area (TPSA) is 88.5 Å². The maximum Gasteiger partial charge on any atom is 0.244 e. The van der Waals surface area contributed by atoms with E-state index in [1.165, 1.54) is 0 Å². The van der Waals surface area contributed by atoms with Crippen molar-refractivity contribution in [3.05, 3.63) is 95.3 Å². The second-order valence-electron chi connectivity index (χ2n) is 9.49. The van der Waals surface area contributed by atoms with Gasteiger partial charge in [-0.15, -0.1) is 12.4 Å². The number of fused-ring (bicyclic) bond motifs is 2. The summed E-state index contributed by atoms with van der Waals surface area (Å²) in [5, 5.41) is 6.79. The summed E-state index contributed by atoms with van der Waals surface area (Å²) < 4.78 is 7.41. The molecule has 0 radical (unpaired) electrons. The third kappa shape index (κ3) is 6.30. The zero-order valence-corrected chi connectivity index (χ0v) is 23.0. The molecule has 5 rings (SSSR count). The summed E-state index contributed by atoms with van der Waals surface area (Å²) in [6.07, 6.45) is 3.92. The quantitative estimate of drug-likeness (QED) is 0.337. The van der Waals surface area contributed by atoms with Crippen LogP contribution in [-0.4, -0.2) is 47.0 Å². The van der Waals surface area contributed by atoms with E-state index in [0.29, 0.717) is 25.3 Å². The number of ether oxygens (including phenoxy) is 1. The highest BCUT2D eigenvalue weighted by atomic mass is 35.5. The number of methoxy groups -OCH3 is 1. The minimum atomic E-state index is -0.178. The Hall–Kier alpha value is -4.14. The van der Waals surface area contributed by atoms with Crippen LogP contribution in [0.25, 0.3) is 16.5 Å². The van der Waals surface area contributed by atoms with Gasteiger partial charge >= 0.3 is 0 Å². The van der Waals surface area contributed by atoms with Crippen molar-refractivity contribution in [2.45, 2.75) is 19.5 Å². The molecular weight excluding hydrogens is 514 g/mol. The lowest BCUT2D eigenvalue weighted by atomic mass is 10.00. The van der Waals surface area contributed by atoms with Crippen LogP contribution >= 0.6 is 12.4 Å². The van der Waals surface area contributed by atoms with Crippen LogP contribution < -0.4 is 15.4 Å². The first-order valence-electron chi connectivity index (χ1n) is 12.5. The molecule has 2 aromatic heterocycles. The molecule has 0 bridgehead atoms. The van der Waals surface area contributed by atoms with E-state index in [2.05, 4.69) is 43.3 Å². The molecule has 1 aliphatic rings. The van der Waals surface area contributed by atoms with Crippen LogP contribution in [0.15, 0.2) is 72.9 Å². The van der Waals surface area contributed by atoms with E-state index in [1.54, 1.807) is 26.4 Å². The molecule has 2 amide bonds. The van der Waals surface area contributed by atoms with Gasteiger partial charge in [-0.1, -0.05) is 30.3 Å². The van der Waals surface area contributed by atoms with Crippen molar-refractivity contribution in [3.63, 3.8) is 0 Å². The molecule has 2 N–H and O–H groups in total. The van der Waals surface area contributed by atoms with Crippen LogP contribution in [0.3, 0.4) is 0 Å². The molecule has 0 spiro atoms. The van der Waals surface area contributed by atoms with Crippen LogP contribution in [-0.2, 0) is 36.1 Å². The number of para-hydroxylation sites is 1. The lowest BCUT2D eigenvalue weighted by Gasteiger charge is -2.19. The highest BCUT2D eigenvalue weighted by Gasteiger charge is 2.22. The highest BCUT2D eigenvalue weighted by molar-refractivity contribution is 5.96. The van der Waals surface area contributed by atoms with E-state index in [-0.39, 0.29) is 30.8 Å². The second kappa shape index (κ2) is 12.1. The van der Waals surface area contributed by atoms with Crippen LogP contribution in [0.5, 0.6) is 5.75 Å². The Morgan fingerprint density at radius 3 is 2.62 bits per heavy atom. The lowest BCUT2D eigenvalue weighted by Crippen LogP contribution is -2.29. The number of carbonyl (C=O) groups excluding carboxylic acids is 2. The maximum absolute atomic E-state index is 12.6. The molecule has 1 aliphatic heterocycles. The van der Waals surface area contributed by atoms with E-state index >= 15 is 0 Å². The number of hydrogen-bond acceptors (Lipinski definition) is 5. The van der Waals surface area contributed by atoms with Gasteiger partial charge in [0.2, 0.25) is 11.8 Å². The number of allylic oxidation sites excluding steroid dienone is 1. The van der Waals surface area contributed by atoms with Gasteiger partial charge in [-0.3, -0.25) is 14.5 Å². The van der Waals surface area contributed by atoms with Gasteiger partial charge in [0.25, 0.3) is 0 Å². The van der Waals surface area contributed by atoms with Crippen molar-refractivity contribution >= 4 is 46.5 Å². The number of rotatable bonds is 7. The first kappa shape index (κ1) is 27.9. The van der Waals surface area contributed by atoms with Crippen molar-refractivity contribution in [1.29, 1.82) is 0 Å². The van der Waals surface area contributed by atoms with Crippen molar-refractivity contribution in [1.82, 2.24) is 19.8 Å². The summed E-state index contributed by atoms with van der Waals surface area (Å²) in [6, 6.07) is 20.3. The lowest BCUT2D eigenvalue weighted by molar-refractivity contribution is -0.117. The van der Waals surface area contributed by atoms with Crippen molar-refractivity contribution < 1.29 is 14.3 Å². The molecular formula is C30H32ClN5O3. The summed E-state index contributed by atoms with van der Waals surface area (Å²) in [4.78, 5) is 31.8. The number of amides is 2. The molecule has 9 heteroatoms. The van der Waals surface area contributed by atoms with Gasteiger partial charge in [0.1, 0.15) is 11.6 Å². The van der Waals surface area contributed by atoms with E-state index in [0.717, 1.165) is 44.6 Å². The zero-order chi connectivity index (χ0) is 26.6. The Kier molecular flexibility index (Phi) is 8.69. The highest BCUT2D eigenvalue weighted by Crippen LogP contribution is 2.28. The molecule has 39 heavy (non-hydrogen) atoms. The van der Waals surface area contributed by atoms with E-state index in [1.807, 2.05) is 49.5 Å². The Balaban J connectivity index is 0.00000353. The number of nitrogens with one attached hydrogen (secondary N) is 2. The molecule has 0 atom stereocenters. The minimum Gasteiger partial charge on any atom is -0.497 e. The molecule has 4 aromatic rings. The monoisotopic (exact) mass is 545 g/mol. The molecule has 0 saturated heterocycles. The summed E-state index contributed by atoms with van der Waals surface area (Å²) in [7, 11) is 5.30. The summed E-state index contributed by atoms with van der Waals surface area (Å²) in [6.45, 7) is 1.41. The van der Waals surface area contributed by atoms with Crippen molar-refractivity contribution in [3.8, 4) is 5.75 Å². The number of hydrogen-bond donors (Lipinski definition) is 2. The molecule has 0 fully saturated rings. The number of benzene rings is 2. The first-order chi connectivity index (χ1) is 18.4. The number of carbonyl (C=O) groups is 2. The smallest absolute Gasteiger partial charge is 0.244 e. The van der Waals surface area contributed by atoms with Crippen LogP contribution in [0.1, 0.15) is 22.4 Å². The summed E-state index contributed by atoms with van der Waals surface area (Å²) in [5.74, 6) is 1.07. The van der Waals surface area contributed by atoms with Crippen LogP contribution in [0.4, 0.5) is 5.82 Å². The summed E-state index contributed by atoms with van der Waals surface area (Å²) in [5.41, 5.74) is 5.91. The van der Waals surface area contributed by atoms with Gasteiger partial charge in [-0.05, 0) is 52.4 Å². The number of aromatic nitrogens is 2. The van der Waals surface area contributed by atoms with E-state index < -0.39 is 0 Å². The molecule has 202 valence electrons. The van der Waals surface area contributed by atoms with Crippen molar-refractivity contribution in [2.75, 3.05) is 26.0 Å². The normalized spacial score (nSPS) is 13.7. The average molecular weight is 546 g/mol. The van der Waals surface area contributed by atoms with Gasteiger partial charge < -0.3 is 19.9 Å². The maximum atomic E-state index is 12.6. The Morgan fingerprint density at radius 2 is 1.90 bits per heavy atom. The van der Waals surface area contributed by atoms with Gasteiger partial charge in [-0.2, -0.15) is 0 Å².